The molecule has 1 amide bonds. The van der Waals surface area contributed by atoms with Crippen molar-refractivity contribution in [2.45, 2.75) is 18.7 Å². The number of hydroxylamine groups is 1. The van der Waals surface area contributed by atoms with Gasteiger partial charge in [0.05, 0.1) is 17.9 Å². The number of aryl methyl sites for hydroxylation is 1. The predicted molar refractivity (Wildman–Crippen MR) is 97.0 cm³/mol. The third kappa shape index (κ3) is 4.21. The molecule has 1 aromatic heterocycles. The summed E-state index contributed by atoms with van der Waals surface area (Å²) in [6.07, 6.45) is 1.85. The molecule has 0 aliphatic rings. The molecule has 0 fully saturated rings. The van der Waals surface area contributed by atoms with Gasteiger partial charge in [-0.25, -0.2) is 9.87 Å². The molecule has 0 aliphatic carbocycles. The van der Waals surface area contributed by atoms with Gasteiger partial charge in [-0.3, -0.25) is 19.0 Å². The van der Waals surface area contributed by atoms with Gasteiger partial charge in [0, 0.05) is 17.5 Å². The van der Waals surface area contributed by atoms with Gasteiger partial charge in [0.1, 0.15) is 11.6 Å². The number of thioether (sulfide) groups is 1. The number of carbonyl (C=O) groups is 1. The van der Waals surface area contributed by atoms with Gasteiger partial charge in [-0.15, -0.1) is 11.8 Å². The molecule has 25 heavy (non-hydrogen) atoms. The molecule has 0 spiro atoms. The van der Waals surface area contributed by atoms with E-state index in [0.29, 0.717) is 12.2 Å². The zero-order valence-corrected chi connectivity index (χ0v) is 15.3. The fourth-order valence-electron chi connectivity index (χ4n) is 2.26. The fourth-order valence-corrected chi connectivity index (χ4v) is 2.69. The normalized spacial score (nSPS) is 10.6. The first kappa shape index (κ1) is 19.0. The molecule has 6 nitrogen and oxygen atoms in total. The highest BCUT2D eigenvalue weighted by Gasteiger charge is 2.18. The number of nitrogens with one attached hydrogen (secondary N) is 2. The average molecular weight is 365 g/mol. The van der Waals surface area contributed by atoms with Gasteiger partial charge in [-0.2, -0.15) is 0 Å². The van der Waals surface area contributed by atoms with Crippen molar-refractivity contribution in [3.8, 4) is 0 Å². The average Bonchev–Trinajstić information content (AvgIpc) is 2.61. The van der Waals surface area contributed by atoms with Crippen molar-refractivity contribution in [1.29, 1.82) is 0 Å². The van der Waals surface area contributed by atoms with Crippen LogP contribution in [-0.4, -0.2) is 23.3 Å². The van der Waals surface area contributed by atoms with Crippen LogP contribution in [0.25, 0.3) is 0 Å². The van der Waals surface area contributed by atoms with Crippen LogP contribution >= 0.6 is 11.8 Å². The number of rotatable bonds is 6. The van der Waals surface area contributed by atoms with E-state index in [4.69, 9.17) is 4.84 Å². The lowest BCUT2D eigenvalue weighted by Gasteiger charge is -2.17. The minimum Gasteiger partial charge on any atom is -0.339 e. The van der Waals surface area contributed by atoms with Crippen molar-refractivity contribution in [3.05, 3.63) is 51.6 Å². The molecule has 2 aromatic rings. The van der Waals surface area contributed by atoms with E-state index in [1.807, 2.05) is 6.26 Å². The number of amides is 1. The number of hydrogen-bond donors (Lipinski definition) is 2. The van der Waals surface area contributed by atoms with Crippen LogP contribution in [0.1, 0.15) is 22.8 Å². The second-order valence-electron chi connectivity index (χ2n) is 5.29. The van der Waals surface area contributed by atoms with Crippen molar-refractivity contribution in [3.63, 3.8) is 0 Å². The van der Waals surface area contributed by atoms with Crippen molar-refractivity contribution < 1.29 is 14.0 Å². The first-order valence-electron chi connectivity index (χ1n) is 7.62. The Morgan fingerprint density at radius 1 is 1.36 bits per heavy atom. The van der Waals surface area contributed by atoms with E-state index in [-0.39, 0.29) is 22.6 Å². The topological polar surface area (TPSA) is 72.4 Å². The maximum absolute atomic E-state index is 14.3. The monoisotopic (exact) mass is 365 g/mol. The highest BCUT2D eigenvalue weighted by atomic mass is 32.2. The number of hydrogen-bond acceptors (Lipinski definition) is 5. The maximum atomic E-state index is 14.3. The van der Waals surface area contributed by atoms with Crippen molar-refractivity contribution in [2.75, 3.05) is 18.2 Å². The van der Waals surface area contributed by atoms with Gasteiger partial charge in [-0.05, 0) is 44.4 Å². The molecule has 0 radical (unpaired) electrons. The van der Waals surface area contributed by atoms with E-state index < -0.39 is 11.7 Å². The molecule has 2 rings (SSSR count). The summed E-state index contributed by atoms with van der Waals surface area (Å²) in [5.74, 6) is -0.816. The second-order valence-corrected chi connectivity index (χ2v) is 6.17. The van der Waals surface area contributed by atoms with Gasteiger partial charge in [0.25, 0.3) is 11.5 Å². The highest BCUT2D eigenvalue weighted by molar-refractivity contribution is 7.98. The lowest BCUT2D eigenvalue weighted by Crippen LogP contribution is -2.29. The van der Waals surface area contributed by atoms with Crippen LogP contribution < -0.4 is 16.4 Å². The largest absolute Gasteiger partial charge is 0.339 e. The summed E-state index contributed by atoms with van der Waals surface area (Å²) in [6, 6.07) is 6.16. The third-order valence-electron chi connectivity index (χ3n) is 3.58. The molecule has 134 valence electrons. The molecule has 1 heterocycles. The van der Waals surface area contributed by atoms with Gasteiger partial charge >= 0.3 is 0 Å². The molecule has 0 saturated heterocycles. The molecule has 0 saturated carbocycles. The van der Waals surface area contributed by atoms with Crippen LogP contribution in [0.4, 0.5) is 15.9 Å². The minimum absolute atomic E-state index is 0.169. The van der Waals surface area contributed by atoms with E-state index in [0.717, 1.165) is 4.90 Å². The van der Waals surface area contributed by atoms with Crippen molar-refractivity contribution in [2.24, 2.45) is 7.05 Å². The second kappa shape index (κ2) is 8.17. The van der Waals surface area contributed by atoms with Gasteiger partial charge in [0.2, 0.25) is 0 Å². The molecule has 0 bridgehead atoms. The maximum Gasteiger partial charge on any atom is 0.278 e. The number of anilines is 2. The van der Waals surface area contributed by atoms with Crippen LogP contribution in [0.15, 0.2) is 34.0 Å². The van der Waals surface area contributed by atoms with Gasteiger partial charge < -0.3 is 5.32 Å². The lowest BCUT2D eigenvalue weighted by molar-refractivity contribution is 0.0364. The Kier molecular flexibility index (Phi) is 6.22. The zero-order chi connectivity index (χ0) is 18.6. The first-order valence-corrected chi connectivity index (χ1v) is 8.84. The Morgan fingerprint density at radius 2 is 2.08 bits per heavy atom. The standard InChI is InChI=1S/C17H20FN3O3S/c1-5-24-20-16(22)12-8-10(2)17(23)21(3)15(12)19-14-7-6-11(25-4)9-13(14)18/h6-9,19H,5H2,1-4H3,(H,20,22). The van der Waals surface area contributed by atoms with Gasteiger partial charge in [0.15, 0.2) is 0 Å². The minimum atomic E-state index is -0.524. The molecular formula is C17H20FN3O3S. The summed E-state index contributed by atoms with van der Waals surface area (Å²) in [6.45, 7) is 3.63. The molecule has 0 unspecified atom stereocenters. The summed E-state index contributed by atoms with van der Waals surface area (Å²) >= 11 is 1.42. The number of pyridine rings is 1. The predicted octanol–water partition coefficient (Wildman–Crippen LogP) is 2.98. The van der Waals surface area contributed by atoms with Gasteiger partial charge in [-0.1, -0.05) is 0 Å². The number of halogens is 1. The van der Waals surface area contributed by atoms with E-state index >= 15 is 0 Å². The highest BCUT2D eigenvalue weighted by Crippen LogP contribution is 2.26. The van der Waals surface area contributed by atoms with E-state index in [1.165, 1.54) is 35.5 Å². The summed E-state index contributed by atoms with van der Waals surface area (Å²) in [7, 11) is 1.52. The van der Waals surface area contributed by atoms with Crippen LogP contribution in [0.5, 0.6) is 0 Å². The Hall–Kier alpha value is -2.32. The summed E-state index contributed by atoms with van der Waals surface area (Å²) in [5, 5.41) is 2.85. The quantitative estimate of drug-likeness (QED) is 0.608. The van der Waals surface area contributed by atoms with E-state index in [9.17, 15) is 14.0 Å². The van der Waals surface area contributed by atoms with Crippen LogP contribution in [0, 0.1) is 12.7 Å². The Morgan fingerprint density at radius 3 is 2.68 bits per heavy atom. The molecule has 0 atom stereocenters. The molecule has 8 heteroatoms. The first-order chi connectivity index (χ1) is 11.9. The number of benzene rings is 1. The van der Waals surface area contributed by atoms with E-state index in [2.05, 4.69) is 10.8 Å². The van der Waals surface area contributed by atoms with Crippen molar-refractivity contribution in [1.82, 2.24) is 10.0 Å². The smallest absolute Gasteiger partial charge is 0.278 e. The van der Waals surface area contributed by atoms with Crippen LogP contribution in [0.3, 0.4) is 0 Å². The van der Waals surface area contributed by atoms with Crippen LogP contribution in [-0.2, 0) is 11.9 Å². The number of carbonyl (C=O) groups excluding carboxylic acids is 1. The molecular weight excluding hydrogens is 345 g/mol. The summed E-state index contributed by atoms with van der Waals surface area (Å²) in [4.78, 5) is 30.2. The Balaban J connectivity index is 2.50. The van der Waals surface area contributed by atoms with Crippen molar-refractivity contribution >= 4 is 29.2 Å². The summed E-state index contributed by atoms with van der Waals surface area (Å²) in [5.41, 5.74) is 2.76. The molecule has 0 aliphatic heterocycles. The molecule has 1 aromatic carbocycles. The zero-order valence-electron chi connectivity index (χ0n) is 14.5. The summed E-state index contributed by atoms with van der Waals surface area (Å²) < 4.78 is 15.6. The Bertz CT molecular complexity index is 852. The number of nitrogens with zero attached hydrogens (tertiary/aromatic N) is 1. The molecule has 2 N–H and O–H groups in total. The van der Waals surface area contributed by atoms with Crippen LogP contribution in [0.2, 0.25) is 0 Å². The lowest BCUT2D eigenvalue weighted by atomic mass is 10.1. The Labute approximate surface area is 149 Å². The SMILES string of the molecule is CCONC(=O)c1cc(C)c(=O)n(C)c1Nc1ccc(SC)cc1F. The fraction of sp³-hybridized carbons (Fsp3) is 0.294. The number of aromatic nitrogens is 1. The third-order valence-corrected chi connectivity index (χ3v) is 4.30. The van der Waals surface area contributed by atoms with E-state index in [1.54, 1.807) is 26.0 Å².